The lowest BCUT2D eigenvalue weighted by molar-refractivity contribution is -0.464. The van der Waals surface area contributed by atoms with E-state index >= 15 is 0 Å². The van der Waals surface area contributed by atoms with Gasteiger partial charge in [0, 0.05) is 24.3 Å². The molecule has 1 rings (SSSR count). The Morgan fingerprint density at radius 3 is 1.08 bits per heavy atom. The molecule has 0 N–H and O–H groups in total. The van der Waals surface area contributed by atoms with Gasteiger partial charge >= 0.3 is 0 Å². The highest BCUT2D eigenvalue weighted by Gasteiger charge is 2.08. The Morgan fingerprint density at radius 1 is 0.667 bits per heavy atom. The average Bonchev–Trinajstić information content (AvgIpc) is 2.04. The molecule has 0 aliphatic heterocycles. The van der Waals surface area contributed by atoms with Crippen molar-refractivity contribution in [3.05, 3.63) is 24.3 Å². The van der Waals surface area contributed by atoms with Crippen LogP contribution in [0.5, 0.6) is 0 Å². The van der Waals surface area contributed by atoms with Gasteiger partial charge in [0.05, 0.1) is 0 Å². The SMILES string of the molecule is C[N+](C)=C1C=CC(=[N+](C)C)C=C1. The third-order valence-corrected chi connectivity index (χ3v) is 1.88. The van der Waals surface area contributed by atoms with Crippen LogP contribution in [0.3, 0.4) is 0 Å². The summed E-state index contributed by atoms with van der Waals surface area (Å²) in [4.78, 5) is 0. The Bertz CT molecular complexity index is 248. The van der Waals surface area contributed by atoms with E-state index in [1.165, 1.54) is 11.4 Å². The van der Waals surface area contributed by atoms with Crippen LogP contribution in [0.25, 0.3) is 0 Å². The van der Waals surface area contributed by atoms with Gasteiger partial charge in [0.15, 0.2) is 11.4 Å². The van der Waals surface area contributed by atoms with Crippen LogP contribution in [-0.4, -0.2) is 48.8 Å². The minimum atomic E-state index is 1.24. The molecule has 64 valence electrons. The second kappa shape index (κ2) is 3.48. The van der Waals surface area contributed by atoms with Crippen molar-refractivity contribution < 1.29 is 9.15 Å². The standard InChI is InChI=1S/C10H16N2/c1-11(2)9-5-7-10(8-6-9)12(3)4/h5-8H,1-4H3/q+2. The first-order valence-electron chi connectivity index (χ1n) is 4.06. The number of hydrogen-bond donors (Lipinski definition) is 0. The van der Waals surface area contributed by atoms with Crippen LogP contribution < -0.4 is 0 Å². The fourth-order valence-electron chi connectivity index (χ4n) is 1.05. The second-order valence-electron chi connectivity index (χ2n) is 3.31. The lowest BCUT2D eigenvalue weighted by atomic mass is 10.1. The summed E-state index contributed by atoms with van der Waals surface area (Å²) in [5.74, 6) is 0. The molecule has 0 unspecified atom stereocenters. The van der Waals surface area contributed by atoms with Crippen molar-refractivity contribution in [3.8, 4) is 0 Å². The summed E-state index contributed by atoms with van der Waals surface area (Å²) >= 11 is 0. The van der Waals surface area contributed by atoms with E-state index in [9.17, 15) is 0 Å². The monoisotopic (exact) mass is 164 g/mol. The third kappa shape index (κ3) is 1.91. The van der Waals surface area contributed by atoms with Crippen molar-refractivity contribution in [3.63, 3.8) is 0 Å². The van der Waals surface area contributed by atoms with Crippen molar-refractivity contribution in [1.29, 1.82) is 0 Å². The third-order valence-electron chi connectivity index (χ3n) is 1.88. The Hall–Kier alpha value is -1.18. The maximum absolute atomic E-state index is 2.12. The first-order valence-corrected chi connectivity index (χ1v) is 4.06. The Balaban J connectivity index is 2.96. The molecule has 0 saturated heterocycles. The summed E-state index contributed by atoms with van der Waals surface area (Å²) in [7, 11) is 8.19. The van der Waals surface area contributed by atoms with E-state index in [1.807, 2.05) is 28.2 Å². The van der Waals surface area contributed by atoms with Crippen molar-refractivity contribution >= 4 is 11.4 Å². The first kappa shape index (κ1) is 8.91. The Morgan fingerprint density at radius 2 is 0.917 bits per heavy atom. The van der Waals surface area contributed by atoms with Crippen LogP contribution in [0.2, 0.25) is 0 Å². The van der Waals surface area contributed by atoms with Crippen LogP contribution in [-0.2, 0) is 0 Å². The van der Waals surface area contributed by atoms with Gasteiger partial charge in [-0.05, 0) is 0 Å². The summed E-state index contributed by atoms with van der Waals surface area (Å²) < 4.78 is 4.19. The summed E-state index contributed by atoms with van der Waals surface area (Å²) in [6, 6.07) is 0. The molecule has 0 atom stereocenters. The van der Waals surface area contributed by atoms with Crippen LogP contribution >= 0.6 is 0 Å². The van der Waals surface area contributed by atoms with E-state index < -0.39 is 0 Å². The largest absolute Gasteiger partial charge is 0.235 e. The minimum Gasteiger partial charge on any atom is -0.235 e. The molecule has 0 bridgehead atoms. The number of allylic oxidation sites excluding steroid dienone is 4. The second-order valence-corrected chi connectivity index (χ2v) is 3.31. The molecule has 1 aliphatic carbocycles. The summed E-state index contributed by atoms with van der Waals surface area (Å²) in [6.07, 6.45) is 8.48. The van der Waals surface area contributed by atoms with Crippen molar-refractivity contribution in [2.75, 3.05) is 28.2 Å². The quantitative estimate of drug-likeness (QED) is 0.364. The molecule has 0 aromatic carbocycles. The molecular formula is C10H16N2+2. The molecular weight excluding hydrogens is 148 g/mol. The molecule has 0 spiro atoms. The molecule has 1 aliphatic rings. The number of hydrogen-bond acceptors (Lipinski definition) is 0. The normalized spacial score (nSPS) is 15.3. The molecule has 0 radical (unpaired) electrons. The van der Waals surface area contributed by atoms with Gasteiger partial charge in [-0.2, -0.15) is 0 Å². The lowest BCUT2D eigenvalue weighted by Crippen LogP contribution is -2.15. The summed E-state index contributed by atoms with van der Waals surface area (Å²) in [6.45, 7) is 0. The molecule has 0 aromatic rings. The van der Waals surface area contributed by atoms with E-state index in [0.717, 1.165) is 0 Å². The van der Waals surface area contributed by atoms with E-state index in [1.54, 1.807) is 0 Å². The van der Waals surface area contributed by atoms with Gasteiger partial charge < -0.3 is 0 Å². The van der Waals surface area contributed by atoms with E-state index in [4.69, 9.17) is 0 Å². The van der Waals surface area contributed by atoms with Crippen LogP contribution in [0.15, 0.2) is 24.3 Å². The van der Waals surface area contributed by atoms with Gasteiger partial charge in [0.1, 0.15) is 28.2 Å². The maximum atomic E-state index is 2.12. The molecule has 2 nitrogen and oxygen atoms in total. The van der Waals surface area contributed by atoms with Gasteiger partial charge in [0.2, 0.25) is 0 Å². The zero-order chi connectivity index (χ0) is 9.14. The minimum absolute atomic E-state index is 1.24. The fraction of sp³-hybridized carbons (Fsp3) is 0.400. The van der Waals surface area contributed by atoms with Crippen LogP contribution in [0, 0.1) is 0 Å². The first-order chi connectivity index (χ1) is 5.61. The predicted molar refractivity (Wildman–Crippen MR) is 52.5 cm³/mol. The van der Waals surface area contributed by atoms with E-state index in [2.05, 4.69) is 33.5 Å². The lowest BCUT2D eigenvalue weighted by Gasteiger charge is -1.98. The molecule has 0 fully saturated rings. The van der Waals surface area contributed by atoms with E-state index in [0.29, 0.717) is 0 Å². The molecule has 12 heavy (non-hydrogen) atoms. The molecule has 0 heterocycles. The van der Waals surface area contributed by atoms with Gasteiger partial charge in [-0.15, -0.1) is 0 Å². The van der Waals surface area contributed by atoms with Crippen molar-refractivity contribution in [2.45, 2.75) is 0 Å². The highest BCUT2D eigenvalue weighted by atomic mass is 14.9. The van der Waals surface area contributed by atoms with Crippen molar-refractivity contribution in [1.82, 2.24) is 0 Å². The highest BCUT2D eigenvalue weighted by molar-refractivity contribution is 6.15. The predicted octanol–water partition coefficient (Wildman–Crippen LogP) is 0.539. The summed E-state index contributed by atoms with van der Waals surface area (Å²) in [5.41, 5.74) is 2.47. The average molecular weight is 164 g/mol. The zero-order valence-corrected chi connectivity index (χ0v) is 8.20. The van der Waals surface area contributed by atoms with Crippen molar-refractivity contribution in [2.24, 2.45) is 0 Å². The topological polar surface area (TPSA) is 6.02 Å². The van der Waals surface area contributed by atoms with Gasteiger partial charge in [-0.25, -0.2) is 9.15 Å². The van der Waals surface area contributed by atoms with Gasteiger partial charge in [-0.3, -0.25) is 0 Å². The summed E-state index contributed by atoms with van der Waals surface area (Å²) in [5, 5.41) is 0. The van der Waals surface area contributed by atoms with Crippen LogP contribution in [0.1, 0.15) is 0 Å². The number of nitrogens with zero attached hydrogens (tertiary/aromatic N) is 2. The molecule has 0 aromatic heterocycles. The van der Waals surface area contributed by atoms with E-state index in [-0.39, 0.29) is 0 Å². The number of rotatable bonds is 0. The fourth-order valence-corrected chi connectivity index (χ4v) is 1.05. The Labute approximate surface area is 73.8 Å². The molecule has 0 saturated carbocycles. The van der Waals surface area contributed by atoms with Gasteiger partial charge in [0.25, 0.3) is 0 Å². The Kier molecular flexibility index (Phi) is 2.58. The zero-order valence-electron chi connectivity index (χ0n) is 8.20. The molecule has 2 heteroatoms. The highest BCUT2D eigenvalue weighted by Crippen LogP contribution is 1.95. The maximum Gasteiger partial charge on any atom is 0.199 e. The van der Waals surface area contributed by atoms with Crippen LogP contribution in [0.4, 0.5) is 0 Å². The smallest absolute Gasteiger partial charge is 0.199 e. The van der Waals surface area contributed by atoms with Gasteiger partial charge in [-0.1, -0.05) is 0 Å². The molecule has 0 amide bonds.